The molecule has 146 valence electrons. The summed E-state index contributed by atoms with van der Waals surface area (Å²) >= 11 is 5.84. The van der Waals surface area contributed by atoms with Crippen LogP contribution in [-0.2, 0) is 14.3 Å². The lowest BCUT2D eigenvalue weighted by atomic mass is 9.95. The van der Waals surface area contributed by atoms with E-state index in [1.165, 1.54) is 30.0 Å². The Morgan fingerprint density at radius 3 is 2.57 bits per heavy atom. The molecule has 3 rings (SSSR count). The van der Waals surface area contributed by atoms with Crippen LogP contribution in [0.3, 0.4) is 0 Å². The molecule has 2 aromatic rings. The van der Waals surface area contributed by atoms with E-state index in [2.05, 4.69) is 5.32 Å². The Kier molecular flexibility index (Phi) is 5.04. The molecule has 0 aliphatic carbocycles. The Balaban J connectivity index is 1.88. The monoisotopic (exact) mass is 401 g/mol. The van der Waals surface area contributed by atoms with E-state index in [-0.39, 0.29) is 17.2 Å². The molecule has 0 saturated carbocycles. The summed E-state index contributed by atoms with van der Waals surface area (Å²) in [5.74, 6) is -1.60. The lowest BCUT2D eigenvalue weighted by Gasteiger charge is -2.42. The van der Waals surface area contributed by atoms with Crippen molar-refractivity contribution < 1.29 is 19.1 Å². The minimum absolute atomic E-state index is 0.111. The Morgan fingerprint density at radius 2 is 1.89 bits per heavy atom. The van der Waals surface area contributed by atoms with E-state index >= 15 is 0 Å². The molecule has 0 fully saturated rings. The molecule has 1 atom stereocenters. The second-order valence-electron chi connectivity index (χ2n) is 6.98. The fourth-order valence-corrected chi connectivity index (χ4v) is 3.20. The van der Waals surface area contributed by atoms with Crippen LogP contribution >= 0.6 is 11.6 Å². The summed E-state index contributed by atoms with van der Waals surface area (Å²) in [5.41, 5.74) is 5.96. The highest BCUT2D eigenvalue weighted by molar-refractivity contribution is 6.31. The van der Waals surface area contributed by atoms with Crippen molar-refractivity contribution in [3.8, 4) is 0 Å². The first-order valence-electron chi connectivity index (χ1n) is 8.63. The Morgan fingerprint density at radius 1 is 1.21 bits per heavy atom. The first-order valence-corrected chi connectivity index (χ1v) is 9.01. The first kappa shape index (κ1) is 19.7. The zero-order valence-electron chi connectivity index (χ0n) is 15.7. The molecule has 28 heavy (non-hydrogen) atoms. The van der Waals surface area contributed by atoms with Crippen molar-refractivity contribution in [1.29, 1.82) is 0 Å². The number of nitrogen functional groups attached to an aromatic ring is 1. The van der Waals surface area contributed by atoms with Gasteiger partial charge in [-0.3, -0.25) is 14.5 Å². The van der Waals surface area contributed by atoms with Gasteiger partial charge in [0.05, 0.1) is 16.9 Å². The van der Waals surface area contributed by atoms with Gasteiger partial charge in [-0.25, -0.2) is 4.79 Å². The van der Waals surface area contributed by atoms with Crippen LogP contribution in [0, 0.1) is 0 Å². The van der Waals surface area contributed by atoms with Gasteiger partial charge in [0.1, 0.15) is 5.54 Å². The zero-order chi connectivity index (χ0) is 20.6. The highest BCUT2D eigenvalue weighted by Gasteiger charge is 2.45. The van der Waals surface area contributed by atoms with Crippen LogP contribution in [0.25, 0.3) is 0 Å². The largest absolute Gasteiger partial charge is 0.449 e. The second-order valence-corrected chi connectivity index (χ2v) is 7.42. The van der Waals surface area contributed by atoms with E-state index < -0.39 is 23.5 Å². The maximum absolute atomic E-state index is 13.1. The molecular weight excluding hydrogens is 382 g/mol. The fraction of sp³-hybridized carbons (Fsp3) is 0.250. The van der Waals surface area contributed by atoms with Crippen molar-refractivity contribution in [2.24, 2.45) is 0 Å². The average molecular weight is 402 g/mol. The number of fused-ring (bicyclic) bond motifs is 1. The quantitative estimate of drug-likeness (QED) is 0.607. The smallest absolute Gasteiger partial charge is 0.341 e. The number of anilines is 3. The minimum atomic E-state index is -1.16. The highest BCUT2D eigenvalue weighted by atomic mass is 35.5. The highest BCUT2D eigenvalue weighted by Crippen LogP contribution is 2.37. The molecule has 2 amide bonds. The van der Waals surface area contributed by atoms with Crippen molar-refractivity contribution >= 4 is 46.4 Å². The molecule has 0 bridgehead atoms. The third-order valence-corrected chi connectivity index (χ3v) is 4.83. The standard InChI is InChI=1S/C20H20ClN3O4/c1-11(28-18(26)13-9-8-12(21)10-14(13)22)17(25)24-16-7-5-4-6-15(16)23-19(27)20(24,2)3/h4-11H,22H2,1-3H3,(H,23,27)/t11-/m0/s1. The topological polar surface area (TPSA) is 102 Å². The first-order chi connectivity index (χ1) is 13.1. The summed E-state index contributed by atoms with van der Waals surface area (Å²) in [5, 5.41) is 3.17. The predicted molar refractivity (Wildman–Crippen MR) is 107 cm³/mol. The van der Waals surface area contributed by atoms with Crippen molar-refractivity contribution in [3.63, 3.8) is 0 Å². The number of nitrogens with two attached hydrogens (primary N) is 1. The van der Waals surface area contributed by atoms with Gasteiger partial charge < -0.3 is 15.8 Å². The number of halogens is 1. The predicted octanol–water partition coefficient (Wildman–Crippen LogP) is 3.23. The summed E-state index contributed by atoms with van der Waals surface area (Å²) < 4.78 is 5.33. The minimum Gasteiger partial charge on any atom is -0.449 e. The van der Waals surface area contributed by atoms with Crippen LogP contribution in [0.2, 0.25) is 5.02 Å². The van der Waals surface area contributed by atoms with E-state index in [9.17, 15) is 14.4 Å². The number of esters is 1. The number of carbonyl (C=O) groups excluding carboxylic acids is 3. The van der Waals surface area contributed by atoms with Crippen LogP contribution in [0.1, 0.15) is 31.1 Å². The maximum Gasteiger partial charge on any atom is 0.341 e. The molecule has 8 heteroatoms. The number of amides is 2. The number of rotatable bonds is 3. The molecular formula is C20H20ClN3O4. The van der Waals surface area contributed by atoms with Gasteiger partial charge in [-0.2, -0.15) is 0 Å². The Bertz CT molecular complexity index is 974. The summed E-state index contributed by atoms with van der Waals surface area (Å²) in [6.07, 6.45) is -1.14. The Labute approximate surface area is 167 Å². The van der Waals surface area contributed by atoms with Crippen LogP contribution in [-0.4, -0.2) is 29.4 Å². The van der Waals surface area contributed by atoms with E-state index in [0.29, 0.717) is 16.4 Å². The van der Waals surface area contributed by atoms with Gasteiger partial charge in [-0.15, -0.1) is 0 Å². The van der Waals surface area contributed by atoms with Crippen molar-refractivity contribution in [2.75, 3.05) is 16.0 Å². The van der Waals surface area contributed by atoms with E-state index in [1.54, 1.807) is 38.1 Å². The number of carbonyl (C=O) groups is 3. The molecule has 0 saturated heterocycles. The molecule has 7 nitrogen and oxygen atoms in total. The van der Waals surface area contributed by atoms with E-state index in [0.717, 1.165) is 0 Å². The summed E-state index contributed by atoms with van der Waals surface area (Å²) in [7, 11) is 0. The zero-order valence-corrected chi connectivity index (χ0v) is 16.4. The number of benzene rings is 2. The van der Waals surface area contributed by atoms with Crippen LogP contribution in [0.5, 0.6) is 0 Å². The maximum atomic E-state index is 13.1. The van der Waals surface area contributed by atoms with Crippen molar-refractivity contribution in [3.05, 3.63) is 53.1 Å². The van der Waals surface area contributed by atoms with Crippen LogP contribution < -0.4 is 16.0 Å². The van der Waals surface area contributed by atoms with Gasteiger partial charge in [0.15, 0.2) is 6.10 Å². The molecule has 1 aliphatic rings. The van der Waals surface area contributed by atoms with Crippen LogP contribution in [0.4, 0.5) is 17.1 Å². The molecule has 0 radical (unpaired) electrons. The van der Waals surface area contributed by atoms with Crippen molar-refractivity contribution in [2.45, 2.75) is 32.4 Å². The molecule has 0 aromatic heterocycles. The lowest BCUT2D eigenvalue weighted by Crippen LogP contribution is -2.60. The van der Waals surface area contributed by atoms with E-state index in [4.69, 9.17) is 22.1 Å². The molecule has 3 N–H and O–H groups in total. The lowest BCUT2D eigenvalue weighted by molar-refractivity contribution is -0.131. The van der Waals surface area contributed by atoms with Gasteiger partial charge in [0, 0.05) is 10.7 Å². The average Bonchev–Trinajstić information content (AvgIpc) is 2.62. The number of hydrogen-bond acceptors (Lipinski definition) is 5. The molecule has 0 spiro atoms. The van der Waals surface area contributed by atoms with Crippen molar-refractivity contribution in [1.82, 2.24) is 0 Å². The summed E-state index contributed by atoms with van der Waals surface area (Å²) in [4.78, 5) is 39.4. The number of hydrogen-bond donors (Lipinski definition) is 2. The number of para-hydroxylation sites is 2. The molecule has 0 unspecified atom stereocenters. The van der Waals surface area contributed by atoms with Gasteiger partial charge in [0.25, 0.3) is 5.91 Å². The SMILES string of the molecule is C[C@H](OC(=O)c1ccc(Cl)cc1N)C(=O)N1c2ccccc2NC(=O)C1(C)C. The Hall–Kier alpha value is -3.06. The normalized spacial score (nSPS) is 16.0. The number of ether oxygens (including phenoxy) is 1. The van der Waals surface area contributed by atoms with Gasteiger partial charge >= 0.3 is 5.97 Å². The van der Waals surface area contributed by atoms with Crippen LogP contribution in [0.15, 0.2) is 42.5 Å². The number of nitrogens with one attached hydrogen (secondary N) is 1. The summed E-state index contributed by atoms with van der Waals surface area (Å²) in [6, 6.07) is 11.3. The van der Waals surface area contributed by atoms with Gasteiger partial charge in [-0.05, 0) is 51.1 Å². The number of nitrogens with zero attached hydrogens (tertiary/aromatic N) is 1. The molecule has 2 aromatic carbocycles. The fourth-order valence-electron chi connectivity index (χ4n) is 3.02. The third-order valence-electron chi connectivity index (χ3n) is 4.59. The summed E-state index contributed by atoms with van der Waals surface area (Å²) in [6.45, 7) is 4.71. The second kappa shape index (κ2) is 7.16. The third kappa shape index (κ3) is 3.41. The molecule has 1 heterocycles. The van der Waals surface area contributed by atoms with E-state index in [1.807, 2.05) is 0 Å². The molecule has 1 aliphatic heterocycles. The van der Waals surface area contributed by atoms with Gasteiger partial charge in [-0.1, -0.05) is 23.7 Å². The van der Waals surface area contributed by atoms with Gasteiger partial charge in [0.2, 0.25) is 5.91 Å².